The molecule has 0 saturated heterocycles. The number of halogens is 1. The Hall–Kier alpha value is -2.50. The number of carbonyl (C=O) groups is 1. The average molecular weight is 276 g/mol. The monoisotopic (exact) mass is 276 g/mol. The van der Waals surface area contributed by atoms with Crippen molar-refractivity contribution in [1.29, 1.82) is 0 Å². The molecule has 0 amide bonds. The van der Waals surface area contributed by atoms with Gasteiger partial charge in [0.2, 0.25) is 11.1 Å². The van der Waals surface area contributed by atoms with E-state index in [1.165, 1.54) is 29.1 Å². The Bertz CT molecular complexity index is 723. The average Bonchev–Trinajstić information content (AvgIpc) is 2.38. The maximum Gasteiger partial charge on any atom is 0.360 e. The van der Waals surface area contributed by atoms with Gasteiger partial charge in [-0.3, -0.25) is 4.79 Å². The quantitative estimate of drug-likeness (QED) is 0.932. The number of benzene rings is 1. The third kappa shape index (κ3) is 2.59. The van der Waals surface area contributed by atoms with Crippen molar-refractivity contribution in [3.8, 4) is 5.69 Å². The summed E-state index contributed by atoms with van der Waals surface area (Å²) < 4.78 is 14.4. The van der Waals surface area contributed by atoms with Crippen LogP contribution in [-0.4, -0.2) is 20.9 Å². The number of aromatic nitrogens is 2. The third-order valence-corrected chi connectivity index (χ3v) is 2.84. The predicted octanol–water partition coefficient (Wildman–Crippen LogP) is 2.19. The van der Waals surface area contributed by atoms with Gasteiger partial charge in [-0.05, 0) is 24.1 Å². The molecule has 0 aliphatic rings. The van der Waals surface area contributed by atoms with E-state index in [0.29, 0.717) is 11.3 Å². The lowest BCUT2D eigenvalue weighted by atomic mass is 10.0. The molecule has 0 fully saturated rings. The highest BCUT2D eigenvalue weighted by atomic mass is 19.1. The van der Waals surface area contributed by atoms with Gasteiger partial charge in [-0.2, -0.15) is 5.10 Å². The molecule has 0 unspecified atom stereocenters. The van der Waals surface area contributed by atoms with Gasteiger partial charge in [-0.1, -0.05) is 19.9 Å². The summed E-state index contributed by atoms with van der Waals surface area (Å²) in [5.41, 5.74) is -0.503. The molecule has 20 heavy (non-hydrogen) atoms. The minimum atomic E-state index is -1.40. The van der Waals surface area contributed by atoms with Crippen LogP contribution in [0.5, 0.6) is 0 Å². The van der Waals surface area contributed by atoms with Crippen LogP contribution in [0.4, 0.5) is 4.39 Å². The van der Waals surface area contributed by atoms with Crippen molar-refractivity contribution in [2.45, 2.75) is 19.8 Å². The first-order valence-corrected chi connectivity index (χ1v) is 6.03. The van der Waals surface area contributed by atoms with E-state index in [-0.39, 0.29) is 5.92 Å². The molecule has 0 atom stereocenters. The Labute approximate surface area is 114 Å². The fraction of sp³-hybridized carbons (Fsp3) is 0.214. The SMILES string of the molecule is CC(C)c1cn(-c2cccc(F)c2)nc(C(=O)O)c1=O. The van der Waals surface area contributed by atoms with Gasteiger partial charge in [0.25, 0.3) is 0 Å². The zero-order chi connectivity index (χ0) is 14.9. The van der Waals surface area contributed by atoms with Crippen LogP contribution in [0, 0.1) is 5.82 Å². The van der Waals surface area contributed by atoms with E-state index in [4.69, 9.17) is 5.11 Å². The molecular formula is C14H13FN2O3. The number of nitrogens with zero attached hydrogens (tertiary/aromatic N) is 2. The van der Waals surface area contributed by atoms with E-state index in [1.807, 2.05) is 0 Å². The molecule has 1 N–H and O–H groups in total. The van der Waals surface area contributed by atoms with Gasteiger partial charge in [0.1, 0.15) is 5.82 Å². The second-order valence-corrected chi connectivity index (χ2v) is 4.65. The van der Waals surface area contributed by atoms with Gasteiger partial charge < -0.3 is 5.11 Å². The Balaban J connectivity index is 2.72. The van der Waals surface area contributed by atoms with Crippen molar-refractivity contribution in [3.63, 3.8) is 0 Å². The molecule has 1 aromatic heterocycles. The summed E-state index contributed by atoms with van der Waals surface area (Å²) in [6.45, 7) is 3.55. The molecule has 2 aromatic rings. The van der Waals surface area contributed by atoms with Crippen LogP contribution in [0.3, 0.4) is 0 Å². The standard InChI is InChI=1S/C14H13FN2O3/c1-8(2)11-7-17(10-5-3-4-9(15)6-10)16-12(13(11)18)14(19)20/h3-8H,1-2H3,(H,19,20). The number of aromatic carboxylic acids is 1. The fourth-order valence-corrected chi connectivity index (χ4v) is 1.81. The van der Waals surface area contributed by atoms with Crippen LogP contribution < -0.4 is 5.43 Å². The highest BCUT2D eigenvalue weighted by Gasteiger charge is 2.18. The number of rotatable bonds is 3. The van der Waals surface area contributed by atoms with Gasteiger partial charge in [0, 0.05) is 11.8 Å². The topological polar surface area (TPSA) is 72.2 Å². The van der Waals surface area contributed by atoms with Gasteiger partial charge in [0.15, 0.2) is 0 Å². The highest BCUT2D eigenvalue weighted by Crippen LogP contribution is 2.13. The minimum Gasteiger partial charge on any atom is -0.476 e. The van der Waals surface area contributed by atoms with E-state index in [1.54, 1.807) is 19.9 Å². The first-order chi connectivity index (χ1) is 9.40. The van der Waals surface area contributed by atoms with Gasteiger partial charge in [-0.25, -0.2) is 13.9 Å². The lowest BCUT2D eigenvalue weighted by Crippen LogP contribution is -2.25. The lowest BCUT2D eigenvalue weighted by Gasteiger charge is -2.11. The molecule has 6 heteroatoms. The van der Waals surface area contributed by atoms with E-state index in [9.17, 15) is 14.0 Å². The van der Waals surface area contributed by atoms with Crippen LogP contribution in [-0.2, 0) is 0 Å². The molecule has 0 aliphatic heterocycles. The van der Waals surface area contributed by atoms with Crippen molar-refractivity contribution in [2.24, 2.45) is 0 Å². The van der Waals surface area contributed by atoms with Crippen LogP contribution >= 0.6 is 0 Å². The summed E-state index contributed by atoms with van der Waals surface area (Å²) in [6, 6.07) is 5.55. The molecule has 104 valence electrons. The first-order valence-electron chi connectivity index (χ1n) is 6.03. The normalized spacial score (nSPS) is 10.8. The number of carboxylic acids is 1. The predicted molar refractivity (Wildman–Crippen MR) is 70.8 cm³/mol. The van der Waals surface area contributed by atoms with E-state index in [0.717, 1.165) is 0 Å². The molecule has 2 rings (SSSR count). The Morgan fingerprint density at radius 3 is 2.65 bits per heavy atom. The minimum absolute atomic E-state index is 0.164. The number of hydrogen-bond acceptors (Lipinski definition) is 3. The number of hydrogen-bond donors (Lipinski definition) is 1. The molecule has 0 aliphatic carbocycles. The third-order valence-electron chi connectivity index (χ3n) is 2.84. The molecule has 5 nitrogen and oxygen atoms in total. The smallest absolute Gasteiger partial charge is 0.360 e. The van der Waals surface area contributed by atoms with E-state index >= 15 is 0 Å². The molecule has 1 aromatic carbocycles. The summed E-state index contributed by atoms with van der Waals surface area (Å²) in [5.74, 6) is -2.03. The highest BCUT2D eigenvalue weighted by molar-refractivity contribution is 5.85. The first kappa shape index (κ1) is 13.9. The van der Waals surface area contributed by atoms with Crippen molar-refractivity contribution in [2.75, 3.05) is 0 Å². The summed E-state index contributed by atoms with van der Waals surface area (Å²) in [4.78, 5) is 23.1. The summed E-state index contributed by atoms with van der Waals surface area (Å²) >= 11 is 0. The Morgan fingerprint density at radius 1 is 1.40 bits per heavy atom. The second kappa shape index (κ2) is 5.24. The summed E-state index contributed by atoms with van der Waals surface area (Å²) in [6.07, 6.45) is 1.44. The molecular weight excluding hydrogens is 263 g/mol. The van der Waals surface area contributed by atoms with Gasteiger partial charge in [-0.15, -0.1) is 0 Å². The Morgan fingerprint density at radius 2 is 2.10 bits per heavy atom. The van der Waals surface area contributed by atoms with Crippen molar-refractivity contribution < 1.29 is 14.3 Å². The van der Waals surface area contributed by atoms with Crippen molar-refractivity contribution >= 4 is 5.97 Å². The fourth-order valence-electron chi connectivity index (χ4n) is 1.81. The summed E-state index contributed by atoms with van der Waals surface area (Å²) in [5, 5.41) is 12.8. The maximum absolute atomic E-state index is 13.2. The van der Waals surface area contributed by atoms with Gasteiger partial charge >= 0.3 is 5.97 Å². The van der Waals surface area contributed by atoms with Crippen LogP contribution in [0.2, 0.25) is 0 Å². The maximum atomic E-state index is 13.2. The number of carboxylic acid groups (broad SMARTS) is 1. The van der Waals surface area contributed by atoms with Crippen molar-refractivity contribution in [1.82, 2.24) is 9.78 Å². The molecule has 0 spiro atoms. The lowest BCUT2D eigenvalue weighted by molar-refractivity contribution is 0.0686. The van der Waals surface area contributed by atoms with E-state index in [2.05, 4.69) is 5.10 Å². The zero-order valence-electron chi connectivity index (χ0n) is 11.0. The van der Waals surface area contributed by atoms with Crippen LogP contribution in [0.15, 0.2) is 35.3 Å². The van der Waals surface area contributed by atoms with Crippen molar-refractivity contribution in [3.05, 3.63) is 57.8 Å². The van der Waals surface area contributed by atoms with Crippen LogP contribution in [0.25, 0.3) is 5.69 Å². The summed E-state index contributed by atoms with van der Waals surface area (Å²) in [7, 11) is 0. The van der Waals surface area contributed by atoms with E-state index < -0.39 is 22.9 Å². The zero-order valence-corrected chi connectivity index (χ0v) is 11.0. The van der Waals surface area contributed by atoms with Crippen LogP contribution in [0.1, 0.15) is 35.8 Å². The second-order valence-electron chi connectivity index (χ2n) is 4.65. The Kier molecular flexibility index (Phi) is 3.65. The largest absolute Gasteiger partial charge is 0.476 e. The molecule has 0 bridgehead atoms. The molecule has 1 heterocycles. The molecule has 0 saturated carbocycles. The molecule has 0 radical (unpaired) electrons. The van der Waals surface area contributed by atoms with Gasteiger partial charge in [0.05, 0.1) is 5.69 Å².